The van der Waals surface area contributed by atoms with Gasteiger partial charge in [0.1, 0.15) is 0 Å². The number of anilines is 1. The van der Waals surface area contributed by atoms with Gasteiger partial charge in [-0.25, -0.2) is 13.2 Å². The first-order chi connectivity index (χ1) is 12.9. The third-order valence-electron chi connectivity index (χ3n) is 4.04. The Morgan fingerprint density at radius 2 is 1.74 bits per heavy atom. The number of unbranched alkanes of at least 4 members (excludes halogenated alkanes) is 1. The summed E-state index contributed by atoms with van der Waals surface area (Å²) in [5.74, 6) is -0.427. The molecule has 2 aromatic rings. The molecule has 0 aliphatic carbocycles. The number of sulfonamides is 1. The van der Waals surface area contributed by atoms with Crippen molar-refractivity contribution >= 4 is 21.7 Å². The SMILES string of the molecule is C=CCCCN(c1ccc(C(=O)OCC)cc1)S(=O)(=O)c1ccc(C)cc1. The number of esters is 1. The molecule has 0 atom stereocenters. The molecule has 0 saturated heterocycles. The van der Waals surface area contributed by atoms with Crippen molar-refractivity contribution in [3.05, 3.63) is 72.3 Å². The Labute approximate surface area is 161 Å². The first-order valence-corrected chi connectivity index (χ1v) is 10.3. The molecule has 0 amide bonds. The topological polar surface area (TPSA) is 63.7 Å². The van der Waals surface area contributed by atoms with Gasteiger partial charge < -0.3 is 4.74 Å². The zero-order chi connectivity index (χ0) is 19.9. The van der Waals surface area contributed by atoms with Crippen LogP contribution in [0.5, 0.6) is 0 Å². The molecule has 0 radical (unpaired) electrons. The van der Waals surface area contributed by atoms with Crippen LogP contribution < -0.4 is 4.31 Å². The summed E-state index contributed by atoms with van der Waals surface area (Å²) in [6, 6.07) is 13.2. The number of hydrogen-bond acceptors (Lipinski definition) is 4. The highest BCUT2D eigenvalue weighted by Gasteiger charge is 2.24. The second-order valence-corrected chi connectivity index (χ2v) is 7.95. The Kier molecular flexibility index (Phi) is 7.19. The van der Waals surface area contributed by atoms with Crippen LogP contribution in [0, 0.1) is 6.92 Å². The smallest absolute Gasteiger partial charge is 0.338 e. The van der Waals surface area contributed by atoms with Crippen molar-refractivity contribution in [3.63, 3.8) is 0 Å². The van der Waals surface area contributed by atoms with Crippen molar-refractivity contribution in [3.8, 4) is 0 Å². The summed E-state index contributed by atoms with van der Waals surface area (Å²) in [6.07, 6.45) is 3.12. The molecule has 5 nitrogen and oxygen atoms in total. The molecule has 0 saturated carbocycles. The molecular formula is C21H25NO4S. The summed E-state index contributed by atoms with van der Waals surface area (Å²) >= 11 is 0. The number of allylic oxidation sites excluding steroid dienone is 1. The van der Waals surface area contributed by atoms with E-state index in [9.17, 15) is 13.2 Å². The molecule has 0 unspecified atom stereocenters. The van der Waals surface area contributed by atoms with Gasteiger partial charge in [-0.05, 0) is 63.1 Å². The molecule has 2 rings (SSSR count). The highest BCUT2D eigenvalue weighted by atomic mass is 32.2. The zero-order valence-electron chi connectivity index (χ0n) is 15.7. The van der Waals surface area contributed by atoms with Crippen LogP contribution in [-0.2, 0) is 14.8 Å². The summed E-state index contributed by atoms with van der Waals surface area (Å²) < 4.78 is 32.7. The number of carbonyl (C=O) groups excluding carboxylic acids is 1. The first-order valence-electron chi connectivity index (χ1n) is 8.87. The summed E-state index contributed by atoms with van der Waals surface area (Å²) in [5.41, 5.74) is 1.89. The molecule has 0 heterocycles. The maximum atomic E-state index is 13.2. The first kappa shape index (κ1) is 20.7. The second-order valence-electron chi connectivity index (χ2n) is 6.09. The Bertz CT molecular complexity index is 871. The van der Waals surface area contributed by atoms with Crippen LogP contribution >= 0.6 is 0 Å². The van der Waals surface area contributed by atoms with E-state index in [1.165, 1.54) is 4.31 Å². The maximum absolute atomic E-state index is 13.2. The van der Waals surface area contributed by atoms with E-state index in [0.29, 0.717) is 30.6 Å². The fraction of sp³-hybridized carbons (Fsp3) is 0.286. The minimum absolute atomic E-state index is 0.237. The monoisotopic (exact) mass is 387 g/mol. The van der Waals surface area contributed by atoms with E-state index in [4.69, 9.17) is 4.74 Å². The van der Waals surface area contributed by atoms with E-state index in [1.807, 2.05) is 6.92 Å². The van der Waals surface area contributed by atoms with Gasteiger partial charge in [0.15, 0.2) is 0 Å². The second kappa shape index (κ2) is 9.37. The summed E-state index contributed by atoms with van der Waals surface area (Å²) in [6.45, 7) is 7.94. The van der Waals surface area contributed by atoms with E-state index in [0.717, 1.165) is 5.56 Å². The van der Waals surface area contributed by atoms with Crippen LogP contribution in [-0.4, -0.2) is 27.5 Å². The van der Waals surface area contributed by atoms with E-state index in [1.54, 1.807) is 61.5 Å². The van der Waals surface area contributed by atoms with Crippen molar-refractivity contribution in [2.75, 3.05) is 17.5 Å². The highest BCUT2D eigenvalue weighted by Crippen LogP contribution is 2.25. The largest absolute Gasteiger partial charge is 0.462 e. The number of ether oxygens (including phenoxy) is 1. The predicted molar refractivity (Wildman–Crippen MR) is 108 cm³/mol. The molecule has 0 N–H and O–H groups in total. The lowest BCUT2D eigenvalue weighted by Gasteiger charge is -2.24. The zero-order valence-corrected chi connectivity index (χ0v) is 16.5. The van der Waals surface area contributed by atoms with Crippen molar-refractivity contribution in [2.24, 2.45) is 0 Å². The number of rotatable bonds is 9. The molecule has 6 heteroatoms. The molecule has 0 aromatic heterocycles. The van der Waals surface area contributed by atoms with Crippen LogP contribution in [0.15, 0.2) is 66.1 Å². The van der Waals surface area contributed by atoms with Gasteiger partial charge in [-0.15, -0.1) is 6.58 Å². The average Bonchev–Trinajstić information content (AvgIpc) is 2.66. The van der Waals surface area contributed by atoms with Crippen molar-refractivity contribution in [1.29, 1.82) is 0 Å². The molecule has 144 valence electrons. The Balaban J connectivity index is 2.37. The van der Waals surface area contributed by atoms with Gasteiger partial charge in [-0.2, -0.15) is 0 Å². The minimum atomic E-state index is -3.71. The maximum Gasteiger partial charge on any atom is 0.338 e. The van der Waals surface area contributed by atoms with Crippen molar-refractivity contribution in [2.45, 2.75) is 31.6 Å². The minimum Gasteiger partial charge on any atom is -0.462 e. The number of aryl methyl sites for hydroxylation is 1. The third-order valence-corrected chi connectivity index (χ3v) is 5.89. The fourth-order valence-electron chi connectivity index (χ4n) is 2.58. The number of carbonyl (C=O) groups is 1. The van der Waals surface area contributed by atoms with Crippen LogP contribution in [0.1, 0.15) is 35.7 Å². The molecule has 0 aliphatic rings. The van der Waals surface area contributed by atoms with Gasteiger partial charge in [0.25, 0.3) is 10.0 Å². The summed E-state index contributed by atoms with van der Waals surface area (Å²) in [7, 11) is -3.71. The van der Waals surface area contributed by atoms with Crippen molar-refractivity contribution < 1.29 is 17.9 Å². The lowest BCUT2D eigenvalue weighted by molar-refractivity contribution is 0.0526. The number of nitrogens with zero attached hydrogens (tertiary/aromatic N) is 1. The molecule has 0 aliphatic heterocycles. The summed E-state index contributed by atoms with van der Waals surface area (Å²) in [4.78, 5) is 12.1. The van der Waals surface area contributed by atoms with Gasteiger partial charge in [-0.3, -0.25) is 4.31 Å². The van der Waals surface area contributed by atoms with Crippen molar-refractivity contribution in [1.82, 2.24) is 0 Å². The Morgan fingerprint density at radius 1 is 1.11 bits per heavy atom. The quantitative estimate of drug-likeness (QED) is 0.365. The molecule has 27 heavy (non-hydrogen) atoms. The number of benzene rings is 2. The van der Waals surface area contributed by atoms with E-state index < -0.39 is 16.0 Å². The molecule has 0 fully saturated rings. The van der Waals surface area contributed by atoms with Gasteiger partial charge >= 0.3 is 5.97 Å². The normalized spacial score (nSPS) is 11.0. The molecule has 0 bridgehead atoms. The van der Waals surface area contributed by atoms with Crippen LogP contribution in [0.25, 0.3) is 0 Å². The van der Waals surface area contributed by atoms with Crippen LogP contribution in [0.4, 0.5) is 5.69 Å². The molecule has 0 spiro atoms. The van der Waals surface area contributed by atoms with Crippen LogP contribution in [0.2, 0.25) is 0 Å². The molecular weight excluding hydrogens is 362 g/mol. The molecule has 2 aromatic carbocycles. The standard InChI is InChI=1S/C21H25NO4S/c1-4-6-7-16-22(27(24,25)20-14-8-17(3)9-15-20)19-12-10-18(11-13-19)21(23)26-5-2/h4,8-15H,1,5-7,16H2,2-3H3. The van der Waals surface area contributed by atoms with Crippen LogP contribution in [0.3, 0.4) is 0 Å². The van der Waals surface area contributed by atoms with Gasteiger partial charge in [0.05, 0.1) is 22.8 Å². The Morgan fingerprint density at radius 3 is 2.30 bits per heavy atom. The van der Waals surface area contributed by atoms with Gasteiger partial charge in [0, 0.05) is 6.54 Å². The van der Waals surface area contributed by atoms with Gasteiger partial charge in [0.2, 0.25) is 0 Å². The Hall–Kier alpha value is -2.60. The predicted octanol–water partition coefficient (Wildman–Crippen LogP) is 4.33. The lowest BCUT2D eigenvalue weighted by atomic mass is 10.2. The van der Waals surface area contributed by atoms with E-state index in [2.05, 4.69) is 6.58 Å². The average molecular weight is 388 g/mol. The summed E-state index contributed by atoms with van der Waals surface area (Å²) in [5, 5.41) is 0. The number of hydrogen-bond donors (Lipinski definition) is 0. The van der Waals surface area contributed by atoms with E-state index >= 15 is 0 Å². The van der Waals surface area contributed by atoms with Gasteiger partial charge in [-0.1, -0.05) is 23.8 Å². The lowest BCUT2D eigenvalue weighted by Crippen LogP contribution is -2.32. The highest BCUT2D eigenvalue weighted by molar-refractivity contribution is 7.92. The fourth-order valence-corrected chi connectivity index (χ4v) is 4.09. The third kappa shape index (κ3) is 5.20. The van der Waals surface area contributed by atoms with E-state index in [-0.39, 0.29) is 11.5 Å².